The smallest absolute Gasteiger partial charge is 0.305 e. The molecule has 1 aliphatic rings. The normalized spacial score (nSPS) is 14.8. The molecule has 1 aromatic heterocycles. The average molecular weight is 480 g/mol. The molecule has 33 heavy (non-hydrogen) atoms. The largest absolute Gasteiger partial charge is 0.494 e. The Bertz CT molecular complexity index is 1220. The quantitative estimate of drug-likeness (QED) is 0.373. The molecule has 1 saturated heterocycles. The van der Waals surface area contributed by atoms with E-state index < -0.39 is 5.97 Å². The van der Waals surface area contributed by atoms with Crippen molar-refractivity contribution in [3.63, 3.8) is 0 Å². The Labute approximate surface area is 200 Å². The van der Waals surface area contributed by atoms with Crippen molar-refractivity contribution >= 4 is 46.3 Å². The summed E-state index contributed by atoms with van der Waals surface area (Å²) in [4.78, 5) is 25.6. The topological polar surface area (TPSA) is 84.7 Å². The first-order chi connectivity index (χ1) is 16.0. The number of hydrogen-bond acceptors (Lipinski definition) is 6. The van der Waals surface area contributed by atoms with Crippen LogP contribution < -0.4 is 4.74 Å². The van der Waals surface area contributed by atoms with E-state index in [2.05, 4.69) is 0 Å². The molecule has 2 heterocycles. The standard InChI is InChI=1S/C24H21N3O4S2/c1-2-31-19-10-8-16(9-11-19)22-17(15-27(25-22)18-6-4-3-5-7-18)14-20-23(30)26(24(32)33-20)13-12-21(28)29/h3-11,14-15H,2,12-13H2,1H3,(H,28,29)/b20-14-. The lowest BCUT2D eigenvalue weighted by molar-refractivity contribution is -0.137. The Morgan fingerprint density at radius 3 is 2.58 bits per heavy atom. The highest BCUT2D eigenvalue weighted by molar-refractivity contribution is 8.26. The number of carboxylic acids is 1. The number of hydrogen-bond donors (Lipinski definition) is 1. The Hall–Kier alpha value is -3.43. The highest BCUT2D eigenvalue weighted by Crippen LogP contribution is 2.35. The Morgan fingerprint density at radius 2 is 1.91 bits per heavy atom. The molecule has 0 radical (unpaired) electrons. The van der Waals surface area contributed by atoms with Crippen molar-refractivity contribution in [2.75, 3.05) is 13.2 Å². The number of para-hydroxylation sites is 1. The fourth-order valence-corrected chi connectivity index (χ4v) is 4.65. The van der Waals surface area contributed by atoms with Gasteiger partial charge in [0.15, 0.2) is 0 Å². The highest BCUT2D eigenvalue weighted by atomic mass is 32.2. The molecular formula is C24H21N3O4S2. The number of carbonyl (C=O) groups excluding carboxylic acids is 1. The van der Waals surface area contributed by atoms with Crippen LogP contribution in [-0.2, 0) is 9.59 Å². The van der Waals surface area contributed by atoms with Crippen LogP contribution in [0.1, 0.15) is 18.9 Å². The predicted octanol–water partition coefficient (Wildman–Crippen LogP) is 4.61. The number of aromatic nitrogens is 2. The second-order valence-corrected chi connectivity index (χ2v) is 8.82. The average Bonchev–Trinajstić information content (AvgIpc) is 3.34. The van der Waals surface area contributed by atoms with Crippen molar-refractivity contribution < 1.29 is 19.4 Å². The molecule has 0 atom stereocenters. The molecule has 0 spiro atoms. The van der Waals surface area contributed by atoms with Crippen molar-refractivity contribution in [3.05, 3.63) is 71.3 Å². The zero-order valence-electron chi connectivity index (χ0n) is 17.8. The lowest BCUT2D eigenvalue weighted by atomic mass is 10.1. The van der Waals surface area contributed by atoms with E-state index in [1.165, 1.54) is 16.7 Å². The van der Waals surface area contributed by atoms with Gasteiger partial charge in [-0.25, -0.2) is 4.68 Å². The molecular weight excluding hydrogens is 458 g/mol. The van der Waals surface area contributed by atoms with E-state index in [9.17, 15) is 9.59 Å². The number of thioether (sulfide) groups is 1. The summed E-state index contributed by atoms with van der Waals surface area (Å²) >= 11 is 6.47. The van der Waals surface area contributed by atoms with Crippen molar-refractivity contribution in [1.29, 1.82) is 0 Å². The van der Waals surface area contributed by atoms with Gasteiger partial charge in [-0.15, -0.1) is 0 Å². The van der Waals surface area contributed by atoms with Crippen LogP contribution in [0.5, 0.6) is 5.75 Å². The van der Waals surface area contributed by atoms with Crippen LogP contribution >= 0.6 is 24.0 Å². The van der Waals surface area contributed by atoms with Crippen molar-refractivity contribution in [3.8, 4) is 22.7 Å². The maximum Gasteiger partial charge on any atom is 0.305 e. The number of carbonyl (C=O) groups is 2. The fraction of sp³-hybridized carbons (Fsp3) is 0.167. The summed E-state index contributed by atoms with van der Waals surface area (Å²) in [5, 5.41) is 13.7. The van der Waals surface area contributed by atoms with E-state index in [1.807, 2.05) is 67.7 Å². The van der Waals surface area contributed by atoms with Gasteiger partial charge in [0, 0.05) is 23.9 Å². The minimum atomic E-state index is -0.977. The summed E-state index contributed by atoms with van der Waals surface area (Å²) in [6, 6.07) is 17.3. The van der Waals surface area contributed by atoms with E-state index in [-0.39, 0.29) is 18.9 Å². The molecule has 0 saturated carbocycles. The number of ether oxygens (including phenoxy) is 1. The number of rotatable bonds is 8. The van der Waals surface area contributed by atoms with Crippen LogP contribution in [0.2, 0.25) is 0 Å². The first-order valence-electron chi connectivity index (χ1n) is 10.3. The lowest BCUT2D eigenvalue weighted by Crippen LogP contribution is -2.30. The predicted molar refractivity (Wildman–Crippen MR) is 132 cm³/mol. The molecule has 1 aliphatic heterocycles. The van der Waals surface area contributed by atoms with Crippen molar-refractivity contribution in [1.82, 2.24) is 14.7 Å². The van der Waals surface area contributed by atoms with E-state index in [0.717, 1.165) is 22.6 Å². The first-order valence-corrected chi connectivity index (χ1v) is 11.5. The van der Waals surface area contributed by atoms with Crippen LogP contribution in [0.3, 0.4) is 0 Å². The minimum absolute atomic E-state index is 0.0480. The van der Waals surface area contributed by atoms with Crippen LogP contribution in [0.25, 0.3) is 23.0 Å². The summed E-state index contributed by atoms with van der Waals surface area (Å²) in [7, 11) is 0. The zero-order chi connectivity index (χ0) is 23.4. The number of carboxylic acid groups (broad SMARTS) is 1. The summed E-state index contributed by atoms with van der Waals surface area (Å²) in [5.74, 6) is -0.504. The molecule has 1 N–H and O–H groups in total. The Kier molecular flexibility index (Phi) is 6.90. The van der Waals surface area contributed by atoms with Gasteiger partial charge >= 0.3 is 5.97 Å². The number of aliphatic carboxylic acids is 1. The molecule has 9 heteroatoms. The molecule has 4 rings (SSSR count). The van der Waals surface area contributed by atoms with Gasteiger partial charge in [0.2, 0.25) is 0 Å². The summed E-state index contributed by atoms with van der Waals surface area (Å²) in [5.41, 5.74) is 3.22. The van der Waals surface area contributed by atoms with Gasteiger partial charge in [0.25, 0.3) is 5.91 Å². The Morgan fingerprint density at radius 1 is 1.18 bits per heavy atom. The van der Waals surface area contributed by atoms with Gasteiger partial charge in [0.1, 0.15) is 10.1 Å². The van der Waals surface area contributed by atoms with Crippen LogP contribution in [0.15, 0.2) is 65.7 Å². The molecule has 1 fully saturated rings. The first kappa shape index (κ1) is 22.8. The number of benzene rings is 2. The SMILES string of the molecule is CCOc1ccc(-c2nn(-c3ccccc3)cc2/C=C2\SC(=S)N(CCC(=O)O)C2=O)cc1. The lowest BCUT2D eigenvalue weighted by Gasteiger charge is -2.12. The van der Waals surface area contributed by atoms with E-state index in [0.29, 0.717) is 21.5 Å². The third kappa shape index (κ3) is 5.15. The monoisotopic (exact) mass is 479 g/mol. The van der Waals surface area contributed by atoms with Gasteiger partial charge in [-0.05, 0) is 49.4 Å². The van der Waals surface area contributed by atoms with Crippen LogP contribution in [0, 0.1) is 0 Å². The van der Waals surface area contributed by atoms with E-state index >= 15 is 0 Å². The fourth-order valence-electron chi connectivity index (χ4n) is 3.35. The van der Waals surface area contributed by atoms with Gasteiger partial charge in [-0.2, -0.15) is 5.10 Å². The third-order valence-corrected chi connectivity index (χ3v) is 6.29. The summed E-state index contributed by atoms with van der Waals surface area (Å²) in [6.45, 7) is 2.56. The Balaban J connectivity index is 1.72. The number of nitrogens with zero attached hydrogens (tertiary/aromatic N) is 3. The van der Waals surface area contributed by atoms with Crippen molar-refractivity contribution in [2.45, 2.75) is 13.3 Å². The third-order valence-electron chi connectivity index (χ3n) is 4.91. The number of amides is 1. The minimum Gasteiger partial charge on any atom is -0.494 e. The zero-order valence-corrected chi connectivity index (χ0v) is 19.4. The summed E-state index contributed by atoms with van der Waals surface area (Å²) in [6.07, 6.45) is 3.46. The molecule has 2 aromatic carbocycles. The van der Waals surface area contributed by atoms with E-state index in [4.69, 9.17) is 27.2 Å². The second kappa shape index (κ2) is 10.0. The molecule has 1 amide bonds. The molecule has 0 aliphatic carbocycles. The van der Waals surface area contributed by atoms with Crippen LogP contribution in [0.4, 0.5) is 0 Å². The molecule has 168 valence electrons. The molecule has 0 unspecified atom stereocenters. The molecule has 7 nitrogen and oxygen atoms in total. The van der Waals surface area contributed by atoms with Gasteiger partial charge in [-0.3, -0.25) is 14.5 Å². The van der Waals surface area contributed by atoms with Gasteiger partial charge in [0.05, 0.1) is 29.3 Å². The number of thiocarbonyl (C=S) groups is 1. The molecule has 3 aromatic rings. The second-order valence-electron chi connectivity index (χ2n) is 7.15. The van der Waals surface area contributed by atoms with Gasteiger partial charge in [-0.1, -0.05) is 42.2 Å². The highest BCUT2D eigenvalue weighted by Gasteiger charge is 2.32. The van der Waals surface area contributed by atoms with Crippen LogP contribution in [-0.4, -0.2) is 49.1 Å². The maximum atomic E-state index is 12.9. The van der Waals surface area contributed by atoms with E-state index in [1.54, 1.807) is 10.8 Å². The maximum absolute atomic E-state index is 12.9. The molecule has 0 bridgehead atoms. The van der Waals surface area contributed by atoms with Crippen molar-refractivity contribution in [2.24, 2.45) is 0 Å². The van der Waals surface area contributed by atoms with Gasteiger partial charge < -0.3 is 9.84 Å². The summed E-state index contributed by atoms with van der Waals surface area (Å²) < 4.78 is 7.66.